The lowest BCUT2D eigenvalue weighted by molar-refractivity contribution is -0.140. The van der Waals surface area contributed by atoms with Gasteiger partial charge in [0.25, 0.3) is 0 Å². The number of hydrogen-bond acceptors (Lipinski definition) is 2. The summed E-state index contributed by atoms with van der Waals surface area (Å²) < 4.78 is 0. The zero-order valence-electron chi connectivity index (χ0n) is 12.4. The van der Waals surface area contributed by atoms with Crippen LogP contribution in [0.2, 0.25) is 0 Å². The molecule has 0 aromatic carbocycles. The average Bonchev–Trinajstić information content (AvgIpc) is 2.49. The predicted molar refractivity (Wildman–Crippen MR) is 77.2 cm³/mol. The van der Waals surface area contributed by atoms with E-state index in [2.05, 4.69) is 9.80 Å². The highest BCUT2D eigenvalue weighted by Gasteiger charge is 2.33. The molecule has 4 heteroatoms. The maximum absolute atomic E-state index is 12.0. The maximum Gasteiger partial charge on any atom is 0.222 e. The molecule has 3 aliphatic rings. The summed E-state index contributed by atoms with van der Waals surface area (Å²) in [6.07, 6.45) is 10.3. The molecular weight excluding hydrogens is 252 g/mol. The average molecular weight is 278 g/mol. The molecule has 0 aromatic heterocycles. The van der Waals surface area contributed by atoms with Crippen LogP contribution in [0.25, 0.3) is 0 Å². The summed E-state index contributed by atoms with van der Waals surface area (Å²) in [6.45, 7) is 1.91. The van der Waals surface area contributed by atoms with Gasteiger partial charge in [-0.2, -0.15) is 0 Å². The minimum absolute atomic E-state index is 0.355. The van der Waals surface area contributed by atoms with Crippen molar-refractivity contribution in [1.29, 1.82) is 0 Å². The quantitative estimate of drug-likeness (QED) is 0.778. The highest BCUT2D eigenvalue weighted by atomic mass is 16.2. The minimum atomic E-state index is 0.355. The lowest BCUT2D eigenvalue weighted by Crippen LogP contribution is -2.50. The summed E-state index contributed by atoms with van der Waals surface area (Å²) in [4.78, 5) is 28.2. The Balaban J connectivity index is 1.53. The van der Waals surface area contributed by atoms with Crippen LogP contribution in [0, 0.1) is 0 Å². The smallest absolute Gasteiger partial charge is 0.222 e. The summed E-state index contributed by atoms with van der Waals surface area (Å²) in [5, 5.41) is 0. The predicted octanol–water partition coefficient (Wildman–Crippen LogP) is 2.32. The van der Waals surface area contributed by atoms with E-state index in [4.69, 9.17) is 0 Å². The first-order valence-corrected chi connectivity index (χ1v) is 8.34. The van der Waals surface area contributed by atoms with E-state index in [1.54, 1.807) is 0 Å². The normalized spacial score (nSPS) is 32.6. The molecule has 0 radical (unpaired) electrons. The fraction of sp³-hybridized carbons (Fsp3) is 0.875. The molecule has 2 aliphatic heterocycles. The van der Waals surface area contributed by atoms with Crippen molar-refractivity contribution in [2.75, 3.05) is 13.1 Å². The van der Waals surface area contributed by atoms with E-state index in [1.807, 2.05) is 0 Å². The Kier molecular flexibility index (Phi) is 4.27. The molecule has 1 saturated carbocycles. The Morgan fingerprint density at radius 1 is 0.650 bits per heavy atom. The molecule has 0 bridgehead atoms. The molecule has 4 nitrogen and oxygen atoms in total. The van der Waals surface area contributed by atoms with Crippen LogP contribution in [0.15, 0.2) is 0 Å². The molecule has 2 heterocycles. The first kappa shape index (κ1) is 13.9. The van der Waals surface area contributed by atoms with Gasteiger partial charge in [0.1, 0.15) is 0 Å². The van der Waals surface area contributed by atoms with Crippen molar-refractivity contribution in [3.05, 3.63) is 0 Å². The first-order valence-electron chi connectivity index (χ1n) is 8.34. The lowest BCUT2D eigenvalue weighted by atomic mass is 9.87. The number of hydrogen-bond donors (Lipinski definition) is 0. The van der Waals surface area contributed by atoms with Gasteiger partial charge in [-0.15, -0.1) is 0 Å². The number of amides is 2. The number of likely N-dealkylation sites (tertiary alicyclic amines) is 2. The van der Waals surface area contributed by atoms with Gasteiger partial charge in [-0.3, -0.25) is 9.59 Å². The van der Waals surface area contributed by atoms with E-state index in [0.717, 1.165) is 77.3 Å². The van der Waals surface area contributed by atoms with Gasteiger partial charge < -0.3 is 9.80 Å². The van der Waals surface area contributed by atoms with Crippen LogP contribution < -0.4 is 0 Å². The molecule has 3 rings (SSSR count). The van der Waals surface area contributed by atoms with Crippen LogP contribution in [-0.2, 0) is 9.59 Å². The molecule has 0 spiro atoms. The van der Waals surface area contributed by atoms with Crippen LogP contribution in [0.1, 0.15) is 64.2 Å². The first-order chi connectivity index (χ1) is 9.75. The third-order valence-corrected chi connectivity index (χ3v) is 5.27. The van der Waals surface area contributed by atoms with E-state index in [1.165, 1.54) is 0 Å². The Hall–Kier alpha value is -1.06. The number of nitrogens with zero attached hydrogens (tertiary/aromatic N) is 2. The second-order valence-electron chi connectivity index (χ2n) is 6.55. The fourth-order valence-electron chi connectivity index (χ4n) is 4.11. The van der Waals surface area contributed by atoms with Gasteiger partial charge >= 0.3 is 0 Å². The van der Waals surface area contributed by atoms with Gasteiger partial charge in [0.2, 0.25) is 11.8 Å². The largest absolute Gasteiger partial charge is 0.340 e. The molecule has 3 fully saturated rings. The van der Waals surface area contributed by atoms with Gasteiger partial charge in [-0.1, -0.05) is 0 Å². The maximum atomic E-state index is 12.0. The third-order valence-electron chi connectivity index (χ3n) is 5.27. The number of rotatable bonds is 2. The molecule has 112 valence electrons. The van der Waals surface area contributed by atoms with Crippen molar-refractivity contribution in [2.45, 2.75) is 76.3 Å². The highest BCUT2D eigenvalue weighted by Crippen LogP contribution is 2.30. The van der Waals surface area contributed by atoms with Gasteiger partial charge in [-0.25, -0.2) is 0 Å². The van der Waals surface area contributed by atoms with Crippen LogP contribution in [0.3, 0.4) is 0 Å². The van der Waals surface area contributed by atoms with Crippen LogP contribution in [0.5, 0.6) is 0 Å². The summed E-state index contributed by atoms with van der Waals surface area (Å²) in [6, 6.07) is 0.887. The zero-order valence-corrected chi connectivity index (χ0v) is 12.4. The number of carbonyl (C=O) groups is 2. The molecule has 2 amide bonds. The second-order valence-corrected chi connectivity index (χ2v) is 6.55. The topological polar surface area (TPSA) is 40.6 Å². The van der Waals surface area contributed by atoms with E-state index in [9.17, 15) is 9.59 Å². The number of piperidine rings is 2. The standard InChI is InChI=1S/C16H26N2O2/c19-15-5-1-3-11-17(15)13-7-9-14(10-8-13)18-12-4-2-6-16(18)20/h13-14H,1-12H2. The Morgan fingerprint density at radius 3 is 1.40 bits per heavy atom. The summed E-state index contributed by atoms with van der Waals surface area (Å²) in [7, 11) is 0. The van der Waals surface area contributed by atoms with Crippen molar-refractivity contribution >= 4 is 11.8 Å². The zero-order chi connectivity index (χ0) is 13.9. The molecule has 0 atom stereocenters. The number of carbonyl (C=O) groups excluding carboxylic acids is 2. The monoisotopic (exact) mass is 278 g/mol. The van der Waals surface area contributed by atoms with Gasteiger partial charge in [-0.05, 0) is 51.4 Å². The van der Waals surface area contributed by atoms with Crippen LogP contribution in [-0.4, -0.2) is 46.8 Å². The van der Waals surface area contributed by atoms with Gasteiger partial charge in [0.15, 0.2) is 0 Å². The summed E-state index contributed by atoms with van der Waals surface area (Å²) in [5.74, 6) is 0.711. The Bertz CT molecular complexity index is 339. The Morgan fingerprint density at radius 2 is 1.05 bits per heavy atom. The van der Waals surface area contributed by atoms with Crippen LogP contribution >= 0.6 is 0 Å². The van der Waals surface area contributed by atoms with Crippen molar-refractivity contribution < 1.29 is 9.59 Å². The SMILES string of the molecule is O=C1CCCCN1C1CCC(N2CCCCC2=O)CC1. The molecule has 0 unspecified atom stereocenters. The molecule has 0 N–H and O–H groups in total. The molecule has 20 heavy (non-hydrogen) atoms. The fourth-order valence-corrected chi connectivity index (χ4v) is 4.11. The molecule has 1 aliphatic carbocycles. The van der Waals surface area contributed by atoms with E-state index in [0.29, 0.717) is 23.9 Å². The molecular formula is C16H26N2O2. The van der Waals surface area contributed by atoms with E-state index in [-0.39, 0.29) is 0 Å². The Labute approximate surface area is 121 Å². The van der Waals surface area contributed by atoms with Crippen LogP contribution in [0.4, 0.5) is 0 Å². The van der Waals surface area contributed by atoms with Crippen molar-refractivity contribution in [3.63, 3.8) is 0 Å². The van der Waals surface area contributed by atoms with Crippen molar-refractivity contribution in [2.24, 2.45) is 0 Å². The van der Waals surface area contributed by atoms with Crippen molar-refractivity contribution in [1.82, 2.24) is 9.80 Å². The molecule has 2 saturated heterocycles. The van der Waals surface area contributed by atoms with E-state index >= 15 is 0 Å². The van der Waals surface area contributed by atoms with E-state index < -0.39 is 0 Å². The minimum Gasteiger partial charge on any atom is -0.340 e. The van der Waals surface area contributed by atoms with Gasteiger partial charge in [0, 0.05) is 38.0 Å². The highest BCUT2D eigenvalue weighted by molar-refractivity contribution is 5.77. The van der Waals surface area contributed by atoms with Crippen molar-refractivity contribution in [3.8, 4) is 0 Å². The second kappa shape index (κ2) is 6.15. The molecule has 0 aromatic rings. The van der Waals surface area contributed by atoms with Gasteiger partial charge in [0.05, 0.1) is 0 Å². The lowest BCUT2D eigenvalue weighted by Gasteiger charge is -2.42. The summed E-state index contributed by atoms with van der Waals surface area (Å²) in [5.41, 5.74) is 0. The third kappa shape index (κ3) is 2.84. The summed E-state index contributed by atoms with van der Waals surface area (Å²) >= 11 is 0.